The van der Waals surface area contributed by atoms with E-state index in [9.17, 15) is 22.8 Å². The van der Waals surface area contributed by atoms with Crippen LogP contribution < -0.4 is 10.6 Å². The Hall–Kier alpha value is -3.61. The molecular weight excluding hydrogens is 405 g/mol. The summed E-state index contributed by atoms with van der Waals surface area (Å²) in [4.78, 5) is 25.6. The summed E-state index contributed by atoms with van der Waals surface area (Å²) >= 11 is 0. The number of nitrogens with one attached hydrogen (secondary N) is 2. The number of anilines is 2. The first-order valence-corrected chi connectivity index (χ1v) is 9.73. The van der Waals surface area contributed by atoms with Gasteiger partial charge in [0.2, 0.25) is 5.91 Å². The molecule has 2 N–H and O–H groups in total. The molecule has 0 heterocycles. The normalized spacial score (nSPS) is 12.1. The van der Waals surface area contributed by atoms with E-state index in [0.29, 0.717) is 6.42 Å². The first-order valence-electron chi connectivity index (χ1n) is 9.73. The van der Waals surface area contributed by atoms with Crippen LogP contribution in [-0.2, 0) is 11.0 Å². The van der Waals surface area contributed by atoms with Gasteiger partial charge in [-0.05, 0) is 42.3 Å². The van der Waals surface area contributed by atoms with Gasteiger partial charge in [-0.25, -0.2) is 0 Å². The molecule has 2 amide bonds. The molecule has 0 fully saturated rings. The lowest BCUT2D eigenvalue weighted by atomic mass is 9.95. The Morgan fingerprint density at radius 3 is 2.23 bits per heavy atom. The molecule has 7 heteroatoms. The van der Waals surface area contributed by atoms with Crippen molar-refractivity contribution in [3.63, 3.8) is 0 Å². The van der Waals surface area contributed by atoms with Gasteiger partial charge < -0.3 is 10.6 Å². The zero-order valence-corrected chi connectivity index (χ0v) is 16.7. The molecule has 160 valence electrons. The Kier molecular flexibility index (Phi) is 6.74. The maximum absolute atomic E-state index is 12.9. The fourth-order valence-corrected chi connectivity index (χ4v) is 3.24. The second kappa shape index (κ2) is 9.47. The third-order valence-corrected chi connectivity index (χ3v) is 4.80. The van der Waals surface area contributed by atoms with Gasteiger partial charge in [0.25, 0.3) is 5.91 Å². The summed E-state index contributed by atoms with van der Waals surface area (Å²) in [5.41, 5.74) is 0.438. The number of alkyl halides is 3. The Bertz CT molecular complexity index is 1070. The molecule has 0 aromatic heterocycles. The van der Waals surface area contributed by atoms with Crippen molar-refractivity contribution in [3.8, 4) is 0 Å². The molecule has 1 unspecified atom stereocenters. The first-order chi connectivity index (χ1) is 14.8. The molecule has 0 aliphatic heterocycles. The highest BCUT2D eigenvalue weighted by Gasteiger charge is 2.30. The van der Waals surface area contributed by atoms with E-state index in [1.54, 1.807) is 18.2 Å². The predicted molar refractivity (Wildman–Crippen MR) is 114 cm³/mol. The Balaban J connectivity index is 1.80. The average Bonchev–Trinajstić information content (AvgIpc) is 2.75. The van der Waals surface area contributed by atoms with E-state index in [2.05, 4.69) is 10.6 Å². The molecule has 0 aliphatic carbocycles. The lowest BCUT2D eigenvalue weighted by molar-refractivity contribution is -0.137. The smallest absolute Gasteiger partial charge is 0.325 e. The minimum absolute atomic E-state index is 0.0108. The van der Waals surface area contributed by atoms with Crippen LogP contribution in [0.25, 0.3) is 0 Å². The van der Waals surface area contributed by atoms with Gasteiger partial charge in [0.05, 0.1) is 22.7 Å². The van der Waals surface area contributed by atoms with Crippen molar-refractivity contribution in [1.29, 1.82) is 0 Å². The predicted octanol–water partition coefficient (Wildman–Crippen LogP) is 6.09. The van der Waals surface area contributed by atoms with E-state index in [1.807, 2.05) is 37.3 Å². The Labute approximate surface area is 178 Å². The molecule has 0 saturated heterocycles. The number of halogens is 3. The molecule has 0 radical (unpaired) electrons. The van der Waals surface area contributed by atoms with Crippen LogP contribution in [0.15, 0.2) is 78.9 Å². The number of carbonyl (C=O) groups is 2. The number of carbonyl (C=O) groups excluding carboxylic acids is 2. The molecular formula is C24H21F3N2O2. The van der Waals surface area contributed by atoms with Gasteiger partial charge in [-0.3, -0.25) is 9.59 Å². The molecule has 3 aromatic carbocycles. The van der Waals surface area contributed by atoms with Crippen LogP contribution in [0, 0.1) is 0 Å². The zero-order valence-electron chi connectivity index (χ0n) is 16.7. The first kappa shape index (κ1) is 22.1. The van der Waals surface area contributed by atoms with Crippen LogP contribution in [-0.4, -0.2) is 11.8 Å². The van der Waals surface area contributed by atoms with Gasteiger partial charge in [0, 0.05) is 5.69 Å². The molecule has 3 rings (SSSR count). The van der Waals surface area contributed by atoms with E-state index in [-0.39, 0.29) is 22.8 Å². The standard InChI is InChI=1S/C24H21F3N2O2/c1-2-19(16-9-4-3-5-10-16)22(30)29-21-14-7-6-13-20(21)23(31)28-18-12-8-11-17(15-18)24(25,26)27/h3-15,19H,2H2,1H3,(H,28,31)(H,29,30). The van der Waals surface area contributed by atoms with E-state index in [4.69, 9.17) is 0 Å². The van der Waals surface area contributed by atoms with Gasteiger partial charge in [-0.15, -0.1) is 0 Å². The lowest BCUT2D eigenvalue weighted by Gasteiger charge is -2.17. The summed E-state index contributed by atoms with van der Waals surface area (Å²) in [6.07, 6.45) is -3.95. The summed E-state index contributed by atoms with van der Waals surface area (Å²) in [5, 5.41) is 5.25. The highest BCUT2D eigenvalue weighted by Crippen LogP contribution is 2.31. The van der Waals surface area contributed by atoms with Gasteiger partial charge in [0.1, 0.15) is 0 Å². The van der Waals surface area contributed by atoms with Crippen LogP contribution >= 0.6 is 0 Å². The lowest BCUT2D eigenvalue weighted by Crippen LogP contribution is -2.23. The van der Waals surface area contributed by atoms with Gasteiger partial charge in [-0.1, -0.05) is 55.5 Å². The molecule has 1 atom stereocenters. The van der Waals surface area contributed by atoms with Crippen LogP contribution in [0.4, 0.5) is 24.5 Å². The third-order valence-electron chi connectivity index (χ3n) is 4.80. The number of hydrogen-bond acceptors (Lipinski definition) is 2. The Morgan fingerprint density at radius 2 is 1.55 bits per heavy atom. The van der Waals surface area contributed by atoms with Crippen LogP contribution in [0.2, 0.25) is 0 Å². The van der Waals surface area contributed by atoms with Crippen molar-refractivity contribution >= 4 is 23.2 Å². The van der Waals surface area contributed by atoms with E-state index in [1.165, 1.54) is 18.2 Å². The SMILES string of the molecule is CCC(C(=O)Nc1ccccc1C(=O)Nc1cccc(C(F)(F)F)c1)c1ccccc1. The molecule has 0 spiro atoms. The molecule has 3 aromatic rings. The quantitative estimate of drug-likeness (QED) is 0.501. The summed E-state index contributed by atoms with van der Waals surface area (Å²) in [6.45, 7) is 1.89. The summed E-state index contributed by atoms with van der Waals surface area (Å²) < 4.78 is 38.8. The van der Waals surface area contributed by atoms with Crippen LogP contribution in [0.1, 0.15) is 40.7 Å². The average molecular weight is 426 g/mol. The van der Waals surface area contributed by atoms with Gasteiger partial charge in [-0.2, -0.15) is 13.2 Å². The second-order valence-electron chi connectivity index (χ2n) is 6.94. The van der Waals surface area contributed by atoms with Gasteiger partial charge in [0.15, 0.2) is 0 Å². The topological polar surface area (TPSA) is 58.2 Å². The number of hydrogen-bond donors (Lipinski definition) is 2. The van der Waals surface area contributed by atoms with E-state index in [0.717, 1.165) is 17.7 Å². The fraction of sp³-hybridized carbons (Fsp3) is 0.167. The largest absolute Gasteiger partial charge is 0.416 e. The molecule has 31 heavy (non-hydrogen) atoms. The molecule has 4 nitrogen and oxygen atoms in total. The zero-order chi connectivity index (χ0) is 22.4. The van der Waals surface area contributed by atoms with Gasteiger partial charge >= 0.3 is 6.18 Å². The maximum atomic E-state index is 12.9. The van der Waals surface area contributed by atoms with E-state index < -0.39 is 23.6 Å². The highest BCUT2D eigenvalue weighted by molar-refractivity contribution is 6.10. The maximum Gasteiger partial charge on any atom is 0.416 e. The number of para-hydroxylation sites is 1. The van der Waals surface area contributed by atoms with Crippen LogP contribution in [0.3, 0.4) is 0 Å². The van der Waals surface area contributed by atoms with Crippen LogP contribution in [0.5, 0.6) is 0 Å². The van der Waals surface area contributed by atoms with Crippen molar-refractivity contribution in [1.82, 2.24) is 0 Å². The molecule has 0 saturated carbocycles. The number of rotatable bonds is 6. The third kappa shape index (κ3) is 5.51. The van der Waals surface area contributed by atoms with Crippen molar-refractivity contribution < 1.29 is 22.8 Å². The summed E-state index contributed by atoms with van der Waals surface area (Å²) in [5.74, 6) is -1.29. The number of benzene rings is 3. The fourth-order valence-electron chi connectivity index (χ4n) is 3.24. The van der Waals surface area contributed by atoms with Crippen molar-refractivity contribution in [3.05, 3.63) is 95.6 Å². The van der Waals surface area contributed by atoms with Crippen molar-refractivity contribution in [2.75, 3.05) is 10.6 Å². The van der Waals surface area contributed by atoms with Crippen molar-refractivity contribution in [2.24, 2.45) is 0 Å². The summed E-state index contributed by atoms with van der Waals surface area (Å²) in [7, 11) is 0. The molecule has 0 bridgehead atoms. The Morgan fingerprint density at radius 1 is 0.871 bits per heavy atom. The minimum atomic E-state index is -4.51. The van der Waals surface area contributed by atoms with E-state index >= 15 is 0 Å². The number of amides is 2. The second-order valence-corrected chi connectivity index (χ2v) is 6.94. The monoisotopic (exact) mass is 426 g/mol. The summed E-state index contributed by atoms with van der Waals surface area (Å²) in [6, 6.07) is 20.0. The highest BCUT2D eigenvalue weighted by atomic mass is 19.4. The molecule has 0 aliphatic rings. The minimum Gasteiger partial charge on any atom is -0.325 e. The van der Waals surface area contributed by atoms with Crippen molar-refractivity contribution in [2.45, 2.75) is 25.4 Å².